The average molecular weight is 354 g/mol. The number of ether oxygens (including phenoxy) is 1. The van der Waals surface area contributed by atoms with Crippen molar-refractivity contribution >= 4 is 29.8 Å². The molecule has 1 amide bonds. The van der Waals surface area contributed by atoms with E-state index in [-0.39, 0.29) is 11.8 Å². The SMILES string of the molecule is CC/C=C\[C@H](CC)[C@H](O)[C@@H]1NC(=O)[C@H](CCN=C=S)[C@]1(C)OC=O. The molecule has 0 saturated carbocycles. The fourth-order valence-electron chi connectivity index (χ4n) is 3.26. The van der Waals surface area contributed by atoms with E-state index in [9.17, 15) is 14.7 Å². The van der Waals surface area contributed by atoms with Gasteiger partial charge in [-0.2, -0.15) is 0 Å². The number of amides is 1. The van der Waals surface area contributed by atoms with Gasteiger partial charge in [0.15, 0.2) is 0 Å². The molecular weight excluding hydrogens is 328 g/mol. The summed E-state index contributed by atoms with van der Waals surface area (Å²) in [7, 11) is 0. The van der Waals surface area contributed by atoms with Gasteiger partial charge in [0.2, 0.25) is 5.91 Å². The lowest BCUT2D eigenvalue weighted by molar-refractivity contribution is -0.152. The molecule has 5 atom stereocenters. The van der Waals surface area contributed by atoms with Crippen molar-refractivity contribution in [3.63, 3.8) is 0 Å². The van der Waals surface area contributed by atoms with E-state index in [1.807, 2.05) is 26.0 Å². The smallest absolute Gasteiger partial charge is 0.293 e. The van der Waals surface area contributed by atoms with Crippen LogP contribution in [0.3, 0.4) is 0 Å². The summed E-state index contributed by atoms with van der Waals surface area (Å²) < 4.78 is 5.30. The maximum Gasteiger partial charge on any atom is 0.293 e. The number of nitrogens with zero attached hydrogens (tertiary/aromatic N) is 1. The van der Waals surface area contributed by atoms with Gasteiger partial charge in [0, 0.05) is 5.92 Å². The summed E-state index contributed by atoms with van der Waals surface area (Å²) in [6, 6.07) is -0.678. The number of carbonyl (C=O) groups is 2. The minimum atomic E-state index is -1.14. The quantitative estimate of drug-likeness (QED) is 0.271. The topological polar surface area (TPSA) is 88.0 Å². The first kappa shape index (κ1) is 20.5. The molecule has 0 aromatic rings. The Morgan fingerprint density at radius 3 is 2.79 bits per heavy atom. The highest BCUT2D eigenvalue weighted by molar-refractivity contribution is 7.78. The summed E-state index contributed by atoms with van der Waals surface area (Å²) in [5, 5.41) is 15.9. The van der Waals surface area contributed by atoms with Crippen molar-refractivity contribution in [3.8, 4) is 0 Å². The molecule has 1 fully saturated rings. The maximum absolute atomic E-state index is 12.4. The number of allylic oxidation sites excluding steroid dienone is 1. The largest absolute Gasteiger partial charge is 0.458 e. The summed E-state index contributed by atoms with van der Waals surface area (Å²) in [6.45, 7) is 6.30. The van der Waals surface area contributed by atoms with Gasteiger partial charge in [-0.05, 0) is 38.4 Å². The van der Waals surface area contributed by atoms with Gasteiger partial charge in [-0.1, -0.05) is 26.0 Å². The van der Waals surface area contributed by atoms with Gasteiger partial charge in [0.05, 0.1) is 29.8 Å². The first-order valence-electron chi connectivity index (χ1n) is 8.26. The average Bonchev–Trinajstić information content (AvgIpc) is 2.80. The highest BCUT2D eigenvalue weighted by Gasteiger charge is 2.56. The number of hydrogen-bond donors (Lipinski definition) is 2. The predicted molar refractivity (Wildman–Crippen MR) is 94.7 cm³/mol. The lowest BCUT2D eigenvalue weighted by Crippen LogP contribution is -2.54. The van der Waals surface area contributed by atoms with Crippen LogP contribution in [0.15, 0.2) is 17.1 Å². The molecule has 1 aliphatic heterocycles. The van der Waals surface area contributed by atoms with Crippen molar-refractivity contribution in [2.24, 2.45) is 16.8 Å². The van der Waals surface area contributed by atoms with Gasteiger partial charge in [-0.15, -0.1) is 0 Å². The number of nitrogens with one attached hydrogen (secondary N) is 1. The van der Waals surface area contributed by atoms with E-state index in [2.05, 4.69) is 27.7 Å². The monoisotopic (exact) mass is 354 g/mol. The first-order chi connectivity index (χ1) is 11.5. The minimum Gasteiger partial charge on any atom is -0.458 e. The molecule has 7 heteroatoms. The van der Waals surface area contributed by atoms with E-state index < -0.39 is 23.7 Å². The Labute approximate surface area is 148 Å². The van der Waals surface area contributed by atoms with Crippen molar-refractivity contribution in [3.05, 3.63) is 12.2 Å². The fraction of sp³-hybridized carbons (Fsp3) is 0.706. The van der Waals surface area contributed by atoms with Crippen molar-refractivity contribution in [2.75, 3.05) is 6.54 Å². The second-order valence-corrected chi connectivity index (χ2v) is 6.28. The van der Waals surface area contributed by atoms with Gasteiger partial charge in [0.25, 0.3) is 6.47 Å². The molecule has 1 saturated heterocycles. The van der Waals surface area contributed by atoms with Crippen LogP contribution in [0.4, 0.5) is 0 Å². The molecule has 1 aliphatic rings. The van der Waals surface area contributed by atoms with E-state index in [1.165, 1.54) is 0 Å². The van der Waals surface area contributed by atoms with Crippen molar-refractivity contribution < 1.29 is 19.4 Å². The molecule has 0 unspecified atom stereocenters. The zero-order valence-electron chi connectivity index (χ0n) is 14.4. The third kappa shape index (κ3) is 4.50. The molecule has 0 aliphatic carbocycles. The number of carbonyl (C=O) groups excluding carboxylic acids is 2. The molecule has 24 heavy (non-hydrogen) atoms. The second kappa shape index (κ2) is 9.67. The van der Waals surface area contributed by atoms with E-state index in [4.69, 9.17) is 4.74 Å². The zero-order chi connectivity index (χ0) is 18.2. The predicted octanol–water partition coefficient (Wildman–Crippen LogP) is 1.88. The first-order valence-corrected chi connectivity index (χ1v) is 8.67. The van der Waals surface area contributed by atoms with Crippen molar-refractivity contribution in [1.82, 2.24) is 5.32 Å². The highest BCUT2D eigenvalue weighted by Crippen LogP contribution is 2.37. The number of hydrogen-bond acceptors (Lipinski definition) is 6. The van der Waals surface area contributed by atoms with Crippen LogP contribution in [0.5, 0.6) is 0 Å². The molecule has 6 nitrogen and oxygen atoms in total. The molecule has 1 rings (SSSR count). The number of aliphatic hydroxyl groups excluding tert-OH is 1. The van der Waals surface area contributed by atoms with E-state index >= 15 is 0 Å². The summed E-state index contributed by atoms with van der Waals surface area (Å²) >= 11 is 4.53. The van der Waals surface area contributed by atoms with Gasteiger partial charge >= 0.3 is 0 Å². The molecule has 1 heterocycles. The molecule has 0 aromatic heterocycles. The molecular formula is C17H26N2O4S. The van der Waals surface area contributed by atoms with Crippen molar-refractivity contribution in [2.45, 2.75) is 57.8 Å². The lowest BCUT2D eigenvalue weighted by Gasteiger charge is -2.37. The second-order valence-electron chi connectivity index (χ2n) is 6.10. The Hall–Kier alpha value is -1.56. The number of thiocarbonyl (C=S) groups is 1. The van der Waals surface area contributed by atoms with Gasteiger partial charge < -0.3 is 15.2 Å². The van der Waals surface area contributed by atoms with E-state index in [1.54, 1.807) is 6.92 Å². The molecule has 0 radical (unpaired) electrons. The summed E-state index contributed by atoms with van der Waals surface area (Å²) in [4.78, 5) is 27.2. The van der Waals surface area contributed by atoms with Crippen LogP contribution >= 0.6 is 12.2 Å². The Kier molecular flexibility index (Phi) is 8.25. The number of isothiocyanates is 1. The zero-order valence-corrected chi connectivity index (χ0v) is 15.2. The fourth-order valence-corrected chi connectivity index (χ4v) is 3.36. The molecule has 2 N–H and O–H groups in total. The van der Waals surface area contributed by atoms with Gasteiger partial charge in [0.1, 0.15) is 5.60 Å². The minimum absolute atomic E-state index is 0.137. The van der Waals surface area contributed by atoms with Crippen LogP contribution < -0.4 is 5.32 Å². The van der Waals surface area contributed by atoms with Crippen molar-refractivity contribution in [1.29, 1.82) is 0 Å². The highest BCUT2D eigenvalue weighted by atomic mass is 32.1. The van der Waals surface area contributed by atoms with Crippen LogP contribution in [0.25, 0.3) is 0 Å². The molecule has 0 spiro atoms. The van der Waals surface area contributed by atoms with Gasteiger partial charge in [-0.25, -0.2) is 4.99 Å². The maximum atomic E-state index is 12.4. The van der Waals surface area contributed by atoms with E-state index in [0.717, 1.165) is 6.42 Å². The summed E-state index contributed by atoms with van der Waals surface area (Å²) in [6.07, 6.45) is 5.01. The Morgan fingerprint density at radius 2 is 2.25 bits per heavy atom. The number of aliphatic hydroxyl groups is 1. The van der Waals surface area contributed by atoms with Crippen LogP contribution in [0, 0.1) is 11.8 Å². The Morgan fingerprint density at radius 1 is 1.54 bits per heavy atom. The number of aliphatic imine (C=N–C) groups is 1. The third-order valence-electron chi connectivity index (χ3n) is 4.69. The molecule has 134 valence electrons. The normalized spacial score (nSPS) is 28.9. The van der Waals surface area contributed by atoms with Crippen LogP contribution in [-0.2, 0) is 14.3 Å². The Bertz CT molecular complexity index is 519. The molecule has 0 aromatic carbocycles. The number of rotatable bonds is 10. The molecule has 0 bridgehead atoms. The van der Waals surface area contributed by atoms with Gasteiger partial charge in [-0.3, -0.25) is 9.59 Å². The lowest BCUT2D eigenvalue weighted by atomic mass is 9.79. The Balaban J connectivity index is 3.07. The third-order valence-corrected chi connectivity index (χ3v) is 4.82. The van der Waals surface area contributed by atoms with Crippen LogP contribution in [0.2, 0.25) is 0 Å². The van der Waals surface area contributed by atoms with Crippen LogP contribution in [-0.4, -0.2) is 46.9 Å². The standard InChI is InChI=1S/C17H26N2O4S/c1-4-6-7-12(5-2)14(21)15-17(3,23-11-20)13(16(22)19-15)8-9-18-10-24/h6-7,11-15,21H,4-5,8-9H2,1-3H3,(H,19,22)/b7-6-/t12-,13-,14-,15-,17-/m0/s1. The van der Waals surface area contributed by atoms with Crippen LogP contribution in [0.1, 0.15) is 40.0 Å². The summed E-state index contributed by atoms with van der Waals surface area (Å²) in [5.74, 6) is -0.984. The van der Waals surface area contributed by atoms with E-state index in [0.29, 0.717) is 25.9 Å². The summed E-state index contributed by atoms with van der Waals surface area (Å²) in [5.41, 5.74) is -1.14.